The molecule has 0 aromatic carbocycles. The molecule has 4 rings (SSSR count). The standard InChI is InChI=1S/C22H30O3/c1-13(25-4)20-19(24)12-18-16-6-5-14-11-15(23)7-9-21(14,2)17(16)8-10-22(18,20)3/h11,16-18H,5-10,12H2,1-4H3/b20-13+/t16-,17-,18-,21-,22+/m0/s1. The summed E-state index contributed by atoms with van der Waals surface area (Å²) in [5, 5.41) is 0. The van der Waals surface area contributed by atoms with Crippen molar-refractivity contribution < 1.29 is 14.3 Å². The summed E-state index contributed by atoms with van der Waals surface area (Å²) < 4.78 is 5.48. The Morgan fingerprint density at radius 3 is 2.56 bits per heavy atom. The molecule has 0 N–H and O–H groups in total. The Hall–Kier alpha value is -1.38. The van der Waals surface area contributed by atoms with Gasteiger partial charge in [0.25, 0.3) is 0 Å². The van der Waals surface area contributed by atoms with E-state index in [9.17, 15) is 9.59 Å². The zero-order valence-corrected chi connectivity index (χ0v) is 16.0. The van der Waals surface area contributed by atoms with Gasteiger partial charge < -0.3 is 4.74 Å². The van der Waals surface area contributed by atoms with Crippen molar-refractivity contribution in [3.05, 3.63) is 23.0 Å². The van der Waals surface area contributed by atoms with Crippen molar-refractivity contribution in [3.63, 3.8) is 0 Å². The lowest BCUT2D eigenvalue weighted by Crippen LogP contribution is -2.49. The van der Waals surface area contributed by atoms with E-state index in [2.05, 4.69) is 13.8 Å². The third kappa shape index (κ3) is 2.23. The van der Waals surface area contributed by atoms with Crippen molar-refractivity contribution in [3.8, 4) is 0 Å². The minimum atomic E-state index is -0.0274. The van der Waals surface area contributed by atoms with Crippen LogP contribution in [0.4, 0.5) is 0 Å². The first-order valence-electron chi connectivity index (χ1n) is 9.83. The highest BCUT2D eigenvalue weighted by Gasteiger charge is 2.60. The van der Waals surface area contributed by atoms with Crippen LogP contribution in [0.3, 0.4) is 0 Å². The van der Waals surface area contributed by atoms with Crippen molar-refractivity contribution in [2.45, 2.75) is 65.7 Å². The van der Waals surface area contributed by atoms with E-state index in [0.717, 1.165) is 43.4 Å². The molecule has 0 aromatic rings. The van der Waals surface area contributed by atoms with Crippen LogP contribution in [0, 0.1) is 28.6 Å². The van der Waals surface area contributed by atoms with Gasteiger partial charge in [-0.25, -0.2) is 0 Å². The zero-order valence-electron chi connectivity index (χ0n) is 16.0. The highest BCUT2D eigenvalue weighted by molar-refractivity contribution is 6.00. The van der Waals surface area contributed by atoms with Crippen LogP contribution in [-0.4, -0.2) is 18.7 Å². The van der Waals surface area contributed by atoms with Crippen LogP contribution >= 0.6 is 0 Å². The van der Waals surface area contributed by atoms with Gasteiger partial charge in [0, 0.05) is 23.8 Å². The van der Waals surface area contributed by atoms with Gasteiger partial charge in [-0.1, -0.05) is 19.4 Å². The van der Waals surface area contributed by atoms with Gasteiger partial charge in [-0.2, -0.15) is 0 Å². The fourth-order valence-corrected chi connectivity index (χ4v) is 6.89. The minimum absolute atomic E-state index is 0.0274. The van der Waals surface area contributed by atoms with Crippen molar-refractivity contribution in [2.24, 2.45) is 28.6 Å². The van der Waals surface area contributed by atoms with Gasteiger partial charge in [0.05, 0.1) is 12.9 Å². The van der Waals surface area contributed by atoms with Crippen molar-refractivity contribution in [1.82, 2.24) is 0 Å². The van der Waals surface area contributed by atoms with Gasteiger partial charge in [-0.15, -0.1) is 0 Å². The maximum Gasteiger partial charge on any atom is 0.163 e. The maximum atomic E-state index is 12.8. The van der Waals surface area contributed by atoms with Crippen molar-refractivity contribution in [2.75, 3.05) is 7.11 Å². The van der Waals surface area contributed by atoms with Gasteiger partial charge in [0.15, 0.2) is 11.6 Å². The second kappa shape index (κ2) is 5.56. The van der Waals surface area contributed by atoms with Crippen LogP contribution in [0.15, 0.2) is 23.0 Å². The number of carbonyl (C=O) groups is 2. The number of hydrogen-bond acceptors (Lipinski definition) is 3. The summed E-state index contributed by atoms with van der Waals surface area (Å²) in [7, 11) is 1.68. The summed E-state index contributed by atoms with van der Waals surface area (Å²) in [6.45, 7) is 6.64. The molecule has 136 valence electrons. The molecule has 5 atom stereocenters. The molecule has 4 aliphatic carbocycles. The Morgan fingerprint density at radius 2 is 1.84 bits per heavy atom. The molecule has 3 heteroatoms. The van der Waals surface area contributed by atoms with Crippen LogP contribution in [0.25, 0.3) is 0 Å². The molecule has 25 heavy (non-hydrogen) atoms. The average Bonchev–Trinajstić information content (AvgIpc) is 2.85. The molecule has 0 unspecified atom stereocenters. The molecule has 0 radical (unpaired) electrons. The lowest BCUT2D eigenvalue weighted by molar-refractivity contribution is -0.117. The van der Waals surface area contributed by atoms with E-state index in [1.807, 2.05) is 13.0 Å². The Morgan fingerprint density at radius 1 is 1.08 bits per heavy atom. The average molecular weight is 342 g/mol. The van der Waals surface area contributed by atoms with Crippen molar-refractivity contribution >= 4 is 11.6 Å². The molecule has 3 fully saturated rings. The molecular formula is C22H30O3. The van der Waals surface area contributed by atoms with Crippen LogP contribution in [0.2, 0.25) is 0 Å². The second-order valence-corrected chi connectivity index (χ2v) is 9.19. The van der Waals surface area contributed by atoms with Crippen molar-refractivity contribution in [1.29, 1.82) is 0 Å². The van der Waals surface area contributed by atoms with E-state index >= 15 is 0 Å². The predicted octanol–water partition coefficient (Wildman–Crippen LogP) is 4.62. The summed E-state index contributed by atoms with van der Waals surface area (Å²) in [6.07, 6.45) is 8.72. The number of Topliss-reactive ketones (excluding diaryl/α,β-unsaturated/α-hetero) is 1. The van der Waals surface area contributed by atoms with E-state index < -0.39 is 0 Å². The number of ether oxygens (including phenoxy) is 1. The van der Waals surface area contributed by atoms with E-state index in [1.165, 1.54) is 5.57 Å². The number of rotatable bonds is 1. The highest BCUT2D eigenvalue weighted by atomic mass is 16.5. The fourth-order valence-electron chi connectivity index (χ4n) is 6.89. The van der Waals surface area contributed by atoms with E-state index in [0.29, 0.717) is 42.2 Å². The molecule has 0 saturated heterocycles. The predicted molar refractivity (Wildman–Crippen MR) is 96.8 cm³/mol. The Kier molecular flexibility index (Phi) is 3.79. The van der Waals surface area contributed by atoms with Crippen LogP contribution in [0.5, 0.6) is 0 Å². The number of fused-ring (bicyclic) bond motifs is 5. The van der Waals surface area contributed by atoms with Gasteiger partial charge in [-0.3, -0.25) is 9.59 Å². The normalized spacial score (nSPS) is 45.3. The molecular weight excluding hydrogens is 312 g/mol. The summed E-state index contributed by atoms with van der Waals surface area (Å²) in [4.78, 5) is 24.7. The number of ketones is 2. The molecule has 4 aliphatic rings. The first-order valence-corrected chi connectivity index (χ1v) is 9.83. The topological polar surface area (TPSA) is 43.4 Å². The molecule has 0 aliphatic heterocycles. The number of hydrogen-bond donors (Lipinski definition) is 0. The first kappa shape index (κ1) is 17.1. The summed E-state index contributed by atoms with van der Waals surface area (Å²) in [5.74, 6) is 3.09. The second-order valence-electron chi connectivity index (χ2n) is 9.19. The molecule has 3 saturated carbocycles. The summed E-state index contributed by atoms with van der Waals surface area (Å²) >= 11 is 0. The quantitative estimate of drug-likeness (QED) is 0.516. The Labute approximate surface area is 150 Å². The SMILES string of the molecule is CO/C(C)=C1\C(=O)C[C@H]2[C@H]3CCC4=CC(=O)CC[C@]4(C)[C@H]3CC[C@@]12C. The number of methoxy groups -OCH3 is 1. The van der Waals surface area contributed by atoms with Crippen LogP contribution in [0.1, 0.15) is 65.7 Å². The lowest BCUT2D eigenvalue weighted by Gasteiger charge is -2.57. The molecule has 3 nitrogen and oxygen atoms in total. The van der Waals surface area contributed by atoms with E-state index in [4.69, 9.17) is 4.74 Å². The number of allylic oxidation sites excluding steroid dienone is 3. The zero-order chi connectivity index (χ0) is 18.0. The van der Waals surface area contributed by atoms with E-state index in [1.54, 1.807) is 7.11 Å². The molecule has 0 bridgehead atoms. The minimum Gasteiger partial charge on any atom is -0.501 e. The Balaban J connectivity index is 1.72. The van der Waals surface area contributed by atoms with Gasteiger partial charge >= 0.3 is 0 Å². The third-order valence-corrected chi connectivity index (χ3v) is 8.27. The van der Waals surface area contributed by atoms with Gasteiger partial charge in [0.2, 0.25) is 0 Å². The monoisotopic (exact) mass is 342 g/mol. The molecule has 0 aromatic heterocycles. The van der Waals surface area contributed by atoms with Crippen LogP contribution < -0.4 is 0 Å². The largest absolute Gasteiger partial charge is 0.501 e. The van der Waals surface area contributed by atoms with Gasteiger partial charge in [0.1, 0.15) is 0 Å². The summed E-state index contributed by atoms with van der Waals surface area (Å²) in [5.41, 5.74) is 2.50. The third-order valence-electron chi connectivity index (χ3n) is 8.27. The highest BCUT2D eigenvalue weighted by Crippen LogP contribution is 2.66. The lowest BCUT2D eigenvalue weighted by atomic mass is 9.47. The smallest absolute Gasteiger partial charge is 0.163 e. The maximum absolute atomic E-state index is 12.8. The fraction of sp³-hybridized carbons (Fsp3) is 0.727. The van der Waals surface area contributed by atoms with E-state index in [-0.39, 0.29) is 10.8 Å². The summed E-state index contributed by atoms with van der Waals surface area (Å²) in [6, 6.07) is 0. The van der Waals surface area contributed by atoms with Gasteiger partial charge in [-0.05, 0) is 68.3 Å². The first-order chi connectivity index (χ1) is 11.8. The van der Waals surface area contributed by atoms with Crippen LogP contribution in [-0.2, 0) is 14.3 Å². The number of carbonyl (C=O) groups excluding carboxylic acids is 2. The molecule has 0 heterocycles. The molecule has 0 spiro atoms. The Bertz CT molecular complexity index is 700. The molecule has 0 amide bonds.